The van der Waals surface area contributed by atoms with E-state index < -0.39 is 0 Å². The third-order valence-corrected chi connectivity index (χ3v) is 2.15. The molecule has 56 valence electrons. The van der Waals surface area contributed by atoms with Crippen molar-refractivity contribution in [3.8, 4) is 11.8 Å². The Morgan fingerprint density at radius 1 is 1.64 bits per heavy atom. The zero-order valence-electron chi connectivity index (χ0n) is 6.47. The van der Waals surface area contributed by atoms with Gasteiger partial charge < -0.3 is 0 Å². The fourth-order valence-corrected chi connectivity index (χ4v) is 1.42. The van der Waals surface area contributed by atoms with Gasteiger partial charge in [-0.1, -0.05) is 0 Å². The molecule has 0 radical (unpaired) electrons. The predicted octanol–water partition coefficient (Wildman–Crippen LogP) is 2.00. The Kier molecular flexibility index (Phi) is 2.45. The van der Waals surface area contributed by atoms with Gasteiger partial charge >= 0.3 is 0 Å². The molecule has 0 fully saturated rings. The molecule has 0 aliphatic rings. The maximum absolute atomic E-state index is 10.5. The third kappa shape index (κ3) is 2.21. The van der Waals surface area contributed by atoms with E-state index in [1.165, 1.54) is 6.92 Å². The second-order valence-electron chi connectivity index (χ2n) is 2.24. The highest BCUT2D eigenvalue weighted by Crippen LogP contribution is 2.13. The van der Waals surface area contributed by atoms with Crippen molar-refractivity contribution in [2.24, 2.45) is 0 Å². The molecule has 0 saturated heterocycles. The van der Waals surface area contributed by atoms with E-state index >= 15 is 0 Å². The van der Waals surface area contributed by atoms with E-state index in [4.69, 9.17) is 0 Å². The van der Waals surface area contributed by atoms with E-state index in [0.717, 1.165) is 10.4 Å². The Hall–Kier alpha value is -1.07. The molecule has 0 bridgehead atoms. The van der Waals surface area contributed by atoms with E-state index in [1.807, 2.05) is 18.4 Å². The number of carbonyl (C=O) groups is 1. The van der Waals surface area contributed by atoms with Crippen molar-refractivity contribution >= 4 is 17.1 Å². The number of aryl methyl sites for hydroxylation is 1. The van der Waals surface area contributed by atoms with Gasteiger partial charge in [-0.05, 0) is 35.8 Å². The van der Waals surface area contributed by atoms with Gasteiger partial charge in [0.2, 0.25) is 5.78 Å². The van der Waals surface area contributed by atoms with Crippen LogP contribution in [-0.2, 0) is 4.79 Å². The molecule has 0 unspecified atom stereocenters. The van der Waals surface area contributed by atoms with Gasteiger partial charge in [0.25, 0.3) is 0 Å². The van der Waals surface area contributed by atoms with E-state index in [-0.39, 0.29) is 5.78 Å². The zero-order valence-corrected chi connectivity index (χ0v) is 7.29. The maximum atomic E-state index is 10.5. The standard InChI is InChI=1S/C9H8OS/c1-7-5-6-11-9(7)4-3-8(2)10/h5-6H,1-2H3. The van der Waals surface area contributed by atoms with Crippen LogP contribution in [0.25, 0.3) is 0 Å². The highest BCUT2D eigenvalue weighted by atomic mass is 32.1. The van der Waals surface area contributed by atoms with Crippen molar-refractivity contribution in [2.75, 3.05) is 0 Å². The second kappa shape index (κ2) is 3.36. The molecule has 1 aromatic rings. The van der Waals surface area contributed by atoms with Crippen LogP contribution >= 0.6 is 11.3 Å². The molecule has 0 N–H and O–H groups in total. The SMILES string of the molecule is CC(=O)C#Cc1sccc1C. The lowest BCUT2D eigenvalue weighted by molar-refractivity contribution is -0.111. The first kappa shape index (κ1) is 8.03. The van der Waals surface area contributed by atoms with Gasteiger partial charge in [0, 0.05) is 6.92 Å². The predicted molar refractivity (Wildman–Crippen MR) is 46.6 cm³/mol. The van der Waals surface area contributed by atoms with E-state index in [9.17, 15) is 4.79 Å². The van der Waals surface area contributed by atoms with Gasteiger partial charge in [0.05, 0.1) is 4.88 Å². The molecule has 0 atom stereocenters. The Morgan fingerprint density at radius 2 is 2.36 bits per heavy atom. The summed E-state index contributed by atoms with van der Waals surface area (Å²) in [6, 6.07) is 1.99. The summed E-state index contributed by atoms with van der Waals surface area (Å²) in [5.74, 6) is 5.24. The van der Waals surface area contributed by atoms with Gasteiger partial charge in [-0.2, -0.15) is 0 Å². The molecule has 0 saturated carbocycles. The first-order valence-electron chi connectivity index (χ1n) is 3.27. The number of rotatable bonds is 0. The van der Waals surface area contributed by atoms with Crippen LogP contribution in [-0.4, -0.2) is 5.78 Å². The van der Waals surface area contributed by atoms with Crippen molar-refractivity contribution < 1.29 is 4.79 Å². The van der Waals surface area contributed by atoms with Gasteiger partial charge in [0.1, 0.15) is 0 Å². The van der Waals surface area contributed by atoms with Gasteiger partial charge in [0.15, 0.2) is 0 Å². The third-order valence-electron chi connectivity index (χ3n) is 1.21. The molecule has 0 aliphatic carbocycles. The first-order valence-corrected chi connectivity index (χ1v) is 4.15. The highest BCUT2D eigenvalue weighted by molar-refractivity contribution is 7.10. The number of thiophene rings is 1. The van der Waals surface area contributed by atoms with Gasteiger partial charge in [-0.25, -0.2) is 0 Å². The molecule has 2 heteroatoms. The highest BCUT2D eigenvalue weighted by Gasteiger charge is 1.93. The molecule has 1 heterocycles. The Bertz CT molecular complexity index is 325. The van der Waals surface area contributed by atoms with Gasteiger partial charge in [-0.3, -0.25) is 4.79 Å². The quantitative estimate of drug-likeness (QED) is 0.536. The number of hydrogen-bond acceptors (Lipinski definition) is 2. The Labute approximate surface area is 70.1 Å². The van der Waals surface area contributed by atoms with Crippen LogP contribution in [0.5, 0.6) is 0 Å². The molecule has 0 spiro atoms. The summed E-state index contributed by atoms with van der Waals surface area (Å²) in [5, 5.41) is 1.97. The van der Waals surface area contributed by atoms with Crippen molar-refractivity contribution in [1.29, 1.82) is 0 Å². The summed E-state index contributed by atoms with van der Waals surface area (Å²) in [4.78, 5) is 11.5. The molecular weight excluding hydrogens is 156 g/mol. The summed E-state index contributed by atoms with van der Waals surface area (Å²) < 4.78 is 0. The second-order valence-corrected chi connectivity index (χ2v) is 3.16. The van der Waals surface area contributed by atoms with Crippen LogP contribution in [0.1, 0.15) is 17.4 Å². The van der Waals surface area contributed by atoms with Crippen molar-refractivity contribution in [1.82, 2.24) is 0 Å². The summed E-state index contributed by atoms with van der Waals surface area (Å²) in [6.07, 6.45) is 0. The number of Topliss-reactive ketones (excluding diaryl/α,β-unsaturated/α-hetero) is 1. The maximum Gasteiger partial charge on any atom is 0.202 e. The summed E-state index contributed by atoms with van der Waals surface area (Å²) >= 11 is 1.57. The van der Waals surface area contributed by atoms with Crippen LogP contribution in [0.15, 0.2) is 11.4 Å². The average Bonchev–Trinajstić information content (AvgIpc) is 2.31. The zero-order chi connectivity index (χ0) is 8.27. The minimum Gasteiger partial charge on any atom is -0.285 e. The van der Waals surface area contributed by atoms with Crippen LogP contribution in [0.3, 0.4) is 0 Å². The Morgan fingerprint density at radius 3 is 2.82 bits per heavy atom. The van der Waals surface area contributed by atoms with Crippen molar-refractivity contribution in [3.63, 3.8) is 0 Å². The molecule has 11 heavy (non-hydrogen) atoms. The lowest BCUT2D eigenvalue weighted by Gasteiger charge is -1.81. The van der Waals surface area contributed by atoms with Crippen molar-refractivity contribution in [3.05, 3.63) is 21.9 Å². The smallest absolute Gasteiger partial charge is 0.202 e. The first-order chi connectivity index (χ1) is 5.20. The summed E-state index contributed by atoms with van der Waals surface area (Å²) in [7, 11) is 0. The molecule has 1 aromatic heterocycles. The minimum absolute atomic E-state index is 0.0854. The average molecular weight is 164 g/mol. The summed E-state index contributed by atoms with van der Waals surface area (Å²) in [6.45, 7) is 3.45. The monoisotopic (exact) mass is 164 g/mol. The van der Waals surface area contributed by atoms with E-state index in [2.05, 4.69) is 11.8 Å². The lowest BCUT2D eigenvalue weighted by atomic mass is 10.3. The fourth-order valence-electron chi connectivity index (χ4n) is 0.646. The van der Waals surface area contributed by atoms with Crippen LogP contribution in [0.2, 0.25) is 0 Å². The largest absolute Gasteiger partial charge is 0.285 e. The number of carbonyl (C=O) groups excluding carboxylic acids is 1. The molecular formula is C9H8OS. The van der Waals surface area contributed by atoms with Crippen molar-refractivity contribution in [2.45, 2.75) is 13.8 Å². The lowest BCUT2D eigenvalue weighted by Crippen LogP contribution is -1.80. The van der Waals surface area contributed by atoms with E-state index in [0.29, 0.717) is 0 Å². The van der Waals surface area contributed by atoms with Gasteiger partial charge in [-0.15, -0.1) is 11.3 Å². The molecule has 0 aliphatic heterocycles. The number of ketones is 1. The molecule has 1 nitrogen and oxygen atoms in total. The molecule has 0 aromatic carbocycles. The van der Waals surface area contributed by atoms with E-state index in [1.54, 1.807) is 11.3 Å². The minimum atomic E-state index is -0.0854. The van der Waals surface area contributed by atoms with Crippen LogP contribution in [0.4, 0.5) is 0 Å². The van der Waals surface area contributed by atoms with Crippen LogP contribution in [0, 0.1) is 18.8 Å². The number of hydrogen-bond donors (Lipinski definition) is 0. The fraction of sp³-hybridized carbons (Fsp3) is 0.222. The summed E-state index contributed by atoms with van der Waals surface area (Å²) in [5.41, 5.74) is 1.14. The Balaban J connectivity index is 2.90. The normalized spacial score (nSPS) is 8.55. The topological polar surface area (TPSA) is 17.1 Å². The molecule has 0 amide bonds. The van der Waals surface area contributed by atoms with Crippen LogP contribution < -0.4 is 0 Å². The molecule has 1 rings (SSSR count).